The number of amides is 1. The van der Waals surface area contributed by atoms with Crippen LogP contribution in [0.5, 0.6) is 0 Å². The fraction of sp³-hybridized carbons (Fsp3) is 0.286. The number of hydrogen-bond donors (Lipinski definition) is 1. The summed E-state index contributed by atoms with van der Waals surface area (Å²) in [7, 11) is 1.54. The standard InChI is InChI=1S/C14H14Cl2N4O2/c1-7(2)12-17-5-10(16)11(19-12)13(21)18-8-4-9(15)14(22)20(3)6-8/h4-7H,1-3H3,(H,18,21). The molecule has 2 aromatic heterocycles. The van der Waals surface area contributed by atoms with Crippen LogP contribution in [-0.2, 0) is 7.05 Å². The number of halogens is 2. The van der Waals surface area contributed by atoms with E-state index >= 15 is 0 Å². The van der Waals surface area contributed by atoms with Crippen LogP contribution in [0.25, 0.3) is 0 Å². The molecule has 0 aliphatic rings. The Labute approximate surface area is 137 Å². The van der Waals surface area contributed by atoms with Crippen LogP contribution in [0.15, 0.2) is 23.3 Å². The fourth-order valence-electron chi connectivity index (χ4n) is 1.75. The summed E-state index contributed by atoms with van der Waals surface area (Å²) in [6, 6.07) is 1.38. The maximum atomic E-state index is 12.3. The van der Waals surface area contributed by atoms with Gasteiger partial charge in [0.2, 0.25) is 0 Å². The molecule has 8 heteroatoms. The van der Waals surface area contributed by atoms with Gasteiger partial charge in [0.15, 0.2) is 5.69 Å². The number of carbonyl (C=O) groups is 1. The quantitative estimate of drug-likeness (QED) is 0.931. The lowest BCUT2D eigenvalue weighted by molar-refractivity contribution is 0.102. The molecule has 0 spiro atoms. The van der Waals surface area contributed by atoms with E-state index in [9.17, 15) is 9.59 Å². The third-order valence-corrected chi connectivity index (χ3v) is 3.44. The Balaban J connectivity index is 2.33. The zero-order chi connectivity index (χ0) is 16.4. The number of carbonyl (C=O) groups excluding carboxylic acids is 1. The van der Waals surface area contributed by atoms with E-state index in [-0.39, 0.29) is 27.2 Å². The van der Waals surface area contributed by atoms with Crippen molar-refractivity contribution in [2.24, 2.45) is 7.05 Å². The molecule has 22 heavy (non-hydrogen) atoms. The van der Waals surface area contributed by atoms with Gasteiger partial charge in [0, 0.05) is 19.2 Å². The lowest BCUT2D eigenvalue weighted by atomic mass is 10.2. The van der Waals surface area contributed by atoms with Crippen LogP contribution in [0.4, 0.5) is 5.69 Å². The van der Waals surface area contributed by atoms with Gasteiger partial charge in [-0.3, -0.25) is 9.59 Å². The van der Waals surface area contributed by atoms with Gasteiger partial charge >= 0.3 is 0 Å². The minimum absolute atomic E-state index is 0.0111. The summed E-state index contributed by atoms with van der Waals surface area (Å²) >= 11 is 11.8. The first-order valence-corrected chi connectivity index (χ1v) is 7.25. The van der Waals surface area contributed by atoms with Gasteiger partial charge < -0.3 is 9.88 Å². The Morgan fingerprint density at radius 2 is 2.00 bits per heavy atom. The van der Waals surface area contributed by atoms with Crippen molar-refractivity contribution in [2.45, 2.75) is 19.8 Å². The molecule has 1 N–H and O–H groups in total. The SMILES string of the molecule is CC(C)c1ncc(Cl)c(C(=O)Nc2cc(Cl)c(=O)n(C)c2)n1. The lowest BCUT2D eigenvalue weighted by Crippen LogP contribution is -2.20. The zero-order valence-electron chi connectivity index (χ0n) is 12.2. The Hall–Kier alpha value is -1.92. The summed E-state index contributed by atoms with van der Waals surface area (Å²) in [4.78, 5) is 32.1. The van der Waals surface area contributed by atoms with Crippen molar-refractivity contribution in [3.05, 3.63) is 50.4 Å². The van der Waals surface area contributed by atoms with Gasteiger partial charge in [0.1, 0.15) is 10.8 Å². The molecule has 0 unspecified atom stereocenters. The number of nitrogens with one attached hydrogen (secondary N) is 1. The summed E-state index contributed by atoms with van der Waals surface area (Å²) in [6.45, 7) is 3.83. The number of aromatic nitrogens is 3. The molecule has 0 saturated heterocycles. The van der Waals surface area contributed by atoms with E-state index in [1.54, 1.807) is 7.05 Å². The van der Waals surface area contributed by atoms with Crippen molar-refractivity contribution in [3.63, 3.8) is 0 Å². The third-order valence-electron chi connectivity index (χ3n) is 2.89. The maximum Gasteiger partial charge on any atom is 0.275 e. The minimum Gasteiger partial charge on any atom is -0.319 e. The second kappa shape index (κ2) is 6.46. The van der Waals surface area contributed by atoms with Crippen molar-refractivity contribution in [1.82, 2.24) is 14.5 Å². The monoisotopic (exact) mass is 340 g/mol. The number of nitrogens with zero attached hydrogens (tertiary/aromatic N) is 3. The van der Waals surface area contributed by atoms with Gasteiger partial charge in [-0.2, -0.15) is 0 Å². The molecular weight excluding hydrogens is 327 g/mol. The van der Waals surface area contributed by atoms with Crippen LogP contribution >= 0.6 is 23.2 Å². The van der Waals surface area contributed by atoms with E-state index in [2.05, 4.69) is 15.3 Å². The number of aryl methyl sites for hydroxylation is 1. The molecule has 1 amide bonds. The zero-order valence-corrected chi connectivity index (χ0v) is 13.7. The normalized spacial score (nSPS) is 10.8. The van der Waals surface area contributed by atoms with Crippen LogP contribution < -0.4 is 10.9 Å². The maximum absolute atomic E-state index is 12.3. The molecule has 0 atom stereocenters. The Morgan fingerprint density at radius 3 is 2.59 bits per heavy atom. The van der Waals surface area contributed by atoms with Gasteiger partial charge in [0.25, 0.3) is 11.5 Å². The smallest absolute Gasteiger partial charge is 0.275 e. The number of hydrogen-bond acceptors (Lipinski definition) is 4. The van der Waals surface area contributed by atoms with E-state index in [4.69, 9.17) is 23.2 Å². The van der Waals surface area contributed by atoms with Crippen molar-refractivity contribution >= 4 is 34.8 Å². The van der Waals surface area contributed by atoms with Crippen molar-refractivity contribution in [1.29, 1.82) is 0 Å². The molecular formula is C14H14Cl2N4O2. The summed E-state index contributed by atoms with van der Waals surface area (Å²) in [6.07, 6.45) is 2.86. The molecule has 0 aliphatic carbocycles. The second-order valence-electron chi connectivity index (χ2n) is 5.03. The first-order valence-electron chi connectivity index (χ1n) is 6.49. The third kappa shape index (κ3) is 3.45. The highest BCUT2D eigenvalue weighted by Gasteiger charge is 2.16. The lowest BCUT2D eigenvalue weighted by Gasteiger charge is -2.10. The van der Waals surface area contributed by atoms with Crippen LogP contribution in [0.1, 0.15) is 36.1 Å². The predicted octanol–water partition coefficient (Wildman–Crippen LogP) is 2.86. The molecule has 0 aromatic carbocycles. The van der Waals surface area contributed by atoms with Crippen LogP contribution in [-0.4, -0.2) is 20.4 Å². The van der Waals surface area contributed by atoms with E-state index in [1.807, 2.05) is 13.8 Å². The van der Waals surface area contributed by atoms with E-state index in [0.29, 0.717) is 11.5 Å². The number of anilines is 1. The predicted molar refractivity (Wildman–Crippen MR) is 85.8 cm³/mol. The average molecular weight is 341 g/mol. The Bertz CT molecular complexity index is 761. The first-order chi connectivity index (χ1) is 10.3. The molecule has 2 heterocycles. The second-order valence-corrected chi connectivity index (χ2v) is 5.84. The largest absolute Gasteiger partial charge is 0.319 e. The van der Waals surface area contributed by atoms with Gasteiger partial charge in [-0.25, -0.2) is 9.97 Å². The minimum atomic E-state index is -0.496. The molecule has 116 valence electrons. The Kier molecular flexibility index (Phi) is 4.83. The number of pyridine rings is 1. The van der Waals surface area contributed by atoms with Gasteiger partial charge in [-0.05, 0) is 6.07 Å². The van der Waals surface area contributed by atoms with E-state index in [1.165, 1.54) is 23.0 Å². The molecule has 2 rings (SSSR count). The molecule has 0 fully saturated rings. The molecule has 0 aliphatic heterocycles. The highest BCUT2D eigenvalue weighted by Crippen LogP contribution is 2.18. The van der Waals surface area contributed by atoms with Crippen molar-refractivity contribution in [2.75, 3.05) is 5.32 Å². The van der Waals surface area contributed by atoms with Crippen LogP contribution in [0, 0.1) is 0 Å². The van der Waals surface area contributed by atoms with Gasteiger partial charge in [-0.1, -0.05) is 37.0 Å². The van der Waals surface area contributed by atoms with Crippen molar-refractivity contribution in [3.8, 4) is 0 Å². The van der Waals surface area contributed by atoms with Crippen LogP contribution in [0.3, 0.4) is 0 Å². The molecule has 2 aromatic rings. The molecule has 0 saturated carbocycles. The first kappa shape index (κ1) is 16.5. The van der Waals surface area contributed by atoms with Gasteiger partial charge in [-0.15, -0.1) is 0 Å². The highest BCUT2D eigenvalue weighted by atomic mass is 35.5. The topological polar surface area (TPSA) is 76.9 Å². The molecule has 6 nitrogen and oxygen atoms in total. The van der Waals surface area contributed by atoms with Crippen LogP contribution in [0.2, 0.25) is 10.0 Å². The van der Waals surface area contributed by atoms with Gasteiger partial charge in [0.05, 0.1) is 16.9 Å². The molecule has 0 radical (unpaired) electrons. The van der Waals surface area contributed by atoms with E-state index in [0.717, 1.165) is 0 Å². The summed E-state index contributed by atoms with van der Waals surface area (Å²) in [5.74, 6) is 0.0906. The molecule has 0 bridgehead atoms. The van der Waals surface area contributed by atoms with Crippen molar-refractivity contribution < 1.29 is 4.79 Å². The Morgan fingerprint density at radius 1 is 1.32 bits per heavy atom. The summed E-state index contributed by atoms with van der Waals surface area (Å²) in [5, 5.41) is 2.78. The fourth-order valence-corrected chi connectivity index (χ4v) is 2.18. The highest BCUT2D eigenvalue weighted by molar-refractivity contribution is 6.34. The summed E-state index contributed by atoms with van der Waals surface area (Å²) in [5.41, 5.74) is 0.102. The average Bonchev–Trinajstić information content (AvgIpc) is 2.44. The number of rotatable bonds is 3. The van der Waals surface area contributed by atoms with E-state index < -0.39 is 5.91 Å². The summed E-state index contributed by atoms with van der Waals surface area (Å²) < 4.78 is 1.28.